The first kappa shape index (κ1) is 13.9. The fraction of sp³-hybridized carbons (Fsp3) is 0.250. The van der Waals surface area contributed by atoms with Crippen molar-refractivity contribution < 1.29 is 4.74 Å². The van der Waals surface area contributed by atoms with E-state index in [1.165, 1.54) is 11.1 Å². The van der Waals surface area contributed by atoms with Crippen molar-refractivity contribution >= 4 is 11.6 Å². The predicted octanol–water partition coefficient (Wildman–Crippen LogP) is 3.99. The maximum absolute atomic E-state index is 6.16. The molecule has 2 nitrogen and oxygen atoms in total. The van der Waals surface area contributed by atoms with Gasteiger partial charge in [0.2, 0.25) is 0 Å². The van der Waals surface area contributed by atoms with Gasteiger partial charge in [0.25, 0.3) is 0 Å². The molecule has 3 heteroatoms. The monoisotopic (exact) mass is 275 g/mol. The van der Waals surface area contributed by atoms with Crippen molar-refractivity contribution in [3.63, 3.8) is 0 Å². The molecule has 0 atom stereocenters. The third-order valence-electron chi connectivity index (χ3n) is 2.93. The van der Waals surface area contributed by atoms with Gasteiger partial charge in [0.1, 0.15) is 12.4 Å². The van der Waals surface area contributed by atoms with E-state index in [1.807, 2.05) is 18.2 Å². The van der Waals surface area contributed by atoms with Crippen LogP contribution in [0.15, 0.2) is 36.4 Å². The third kappa shape index (κ3) is 3.49. The molecule has 100 valence electrons. The molecule has 0 radical (unpaired) electrons. The summed E-state index contributed by atoms with van der Waals surface area (Å²) in [6.45, 7) is 5.08. The highest BCUT2D eigenvalue weighted by Gasteiger charge is 2.07. The molecule has 0 amide bonds. The fourth-order valence-electron chi connectivity index (χ4n) is 2.18. The van der Waals surface area contributed by atoms with Crippen molar-refractivity contribution in [2.24, 2.45) is 5.73 Å². The van der Waals surface area contributed by atoms with E-state index in [0.29, 0.717) is 23.9 Å². The maximum Gasteiger partial charge on any atom is 0.142 e. The molecule has 0 bridgehead atoms. The second kappa shape index (κ2) is 6.09. The summed E-state index contributed by atoms with van der Waals surface area (Å²) in [5, 5.41) is 0.604. The zero-order chi connectivity index (χ0) is 13.8. The highest BCUT2D eigenvalue weighted by atomic mass is 35.5. The van der Waals surface area contributed by atoms with Crippen molar-refractivity contribution in [1.29, 1.82) is 0 Å². The lowest BCUT2D eigenvalue weighted by Gasteiger charge is -2.13. The van der Waals surface area contributed by atoms with Crippen LogP contribution in [0.5, 0.6) is 5.75 Å². The van der Waals surface area contributed by atoms with E-state index < -0.39 is 0 Å². The fourth-order valence-corrected chi connectivity index (χ4v) is 2.43. The number of hydrogen-bond acceptors (Lipinski definition) is 2. The number of rotatable bonds is 4. The Morgan fingerprint density at radius 1 is 1.11 bits per heavy atom. The number of ether oxygens (including phenoxy) is 1. The third-order valence-corrected chi connectivity index (χ3v) is 3.23. The standard InChI is InChI=1S/C16H18ClNO/c1-11-6-12(2)8-13(7-11)10-19-16-14(9-18)4-3-5-15(16)17/h3-8H,9-10,18H2,1-2H3. The first-order valence-electron chi connectivity index (χ1n) is 6.27. The molecule has 0 aliphatic heterocycles. The highest BCUT2D eigenvalue weighted by molar-refractivity contribution is 6.32. The molecule has 2 rings (SSSR count). The van der Waals surface area contributed by atoms with Gasteiger partial charge in [-0.15, -0.1) is 0 Å². The minimum absolute atomic E-state index is 0.419. The Hall–Kier alpha value is -1.51. The lowest BCUT2D eigenvalue weighted by molar-refractivity contribution is 0.303. The van der Waals surface area contributed by atoms with Gasteiger partial charge in [-0.25, -0.2) is 0 Å². The molecule has 0 saturated heterocycles. The Balaban J connectivity index is 2.18. The second-order valence-electron chi connectivity index (χ2n) is 4.72. The summed E-state index contributed by atoms with van der Waals surface area (Å²) in [4.78, 5) is 0. The van der Waals surface area contributed by atoms with Crippen molar-refractivity contribution in [3.8, 4) is 5.75 Å². The number of para-hydroxylation sites is 1. The topological polar surface area (TPSA) is 35.2 Å². The Bertz CT molecular complexity index is 561. The normalized spacial score (nSPS) is 10.5. The molecule has 0 saturated carbocycles. The van der Waals surface area contributed by atoms with Crippen LogP contribution < -0.4 is 10.5 Å². The molecule has 0 fully saturated rings. The van der Waals surface area contributed by atoms with Crippen LogP contribution in [0.25, 0.3) is 0 Å². The van der Waals surface area contributed by atoms with Crippen LogP contribution in [0.2, 0.25) is 5.02 Å². The summed E-state index contributed by atoms with van der Waals surface area (Å²) < 4.78 is 5.84. The molecule has 0 unspecified atom stereocenters. The molecule has 0 aliphatic rings. The molecular formula is C16H18ClNO. The van der Waals surface area contributed by atoms with Gasteiger partial charge in [-0.1, -0.05) is 53.1 Å². The average Bonchev–Trinajstić information content (AvgIpc) is 2.36. The van der Waals surface area contributed by atoms with E-state index >= 15 is 0 Å². The van der Waals surface area contributed by atoms with Crippen LogP contribution in [0.1, 0.15) is 22.3 Å². The molecular weight excluding hydrogens is 258 g/mol. The summed E-state index contributed by atoms with van der Waals surface area (Å²) in [6, 6.07) is 12.0. The van der Waals surface area contributed by atoms with Crippen molar-refractivity contribution in [2.75, 3.05) is 0 Å². The van der Waals surface area contributed by atoms with Crippen LogP contribution in [-0.2, 0) is 13.2 Å². The molecule has 0 aliphatic carbocycles. The van der Waals surface area contributed by atoms with Gasteiger partial charge < -0.3 is 10.5 Å². The van der Waals surface area contributed by atoms with Crippen LogP contribution in [0, 0.1) is 13.8 Å². The van der Waals surface area contributed by atoms with Gasteiger partial charge in [0, 0.05) is 12.1 Å². The lowest BCUT2D eigenvalue weighted by Crippen LogP contribution is -2.03. The van der Waals surface area contributed by atoms with Gasteiger partial charge in [0.15, 0.2) is 0 Å². The quantitative estimate of drug-likeness (QED) is 0.915. The molecule has 2 aromatic carbocycles. The number of aryl methyl sites for hydroxylation is 2. The smallest absolute Gasteiger partial charge is 0.142 e. The second-order valence-corrected chi connectivity index (χ2v) is 5.12. The van der Waals surface area contributed by atoms with E-state index in [0.717, 1.165) is 11.1 Å². The van der Waals surface area contributed by atoms with E-state index in [-0.39, 0.29) is 0 Å². The summed E-state index contributed by atoms with van der Waals surface area (Å²) in [6.07, 6.45) is 0. The molecule has 19 heavy (non-hydrogen) atoms. The SMILES string of the molecule is Cc1cc(C)cc(COc2c(Cl)cccc2CN)c1. The predicted molar refractivity (Wildman–Crippen MR) is 79.6 cm³/mol. The van der Waals surface area contributed by atoms with Crippen LogP contribution >= 0.6 is 11.6 Å². The Kier molecular flexibility index (Phi) is 4.46. The molecule has 2 aromatic rings. The summed E-state index contributed by atoms with van der Waals surface area (Å²) in [7, 11) is 0. The Morgan fingerprint density at radius 3 is 2.42 bits per heavy atom. The van der Waals surface area contributed by atoms with E-state index in [2.05, 4.69) is 32.0 Å². The van der Waals surface area contributed by atoms with Gasteiger partial charge in [-0.05, 0) is 25.5 Å². The van der Waals surface area contributed by atoms with Gasteiger partial charge in [-0.3, -0.25) is 0 Å². The minimum atomic E-state index is 0.419. The zero-order valence-corrected chi connectivity index (χ0v) is 12.0. The zero-order valence-electron chi connectivity index (χ0n) is 11.2. The summed E-state index contributed by atoms with van der Waals surface area (Å²) in [5.74, 6) is 0.686. The highest BCUT2D eigenvalue weighted by Crippen LogP contribution is 2.29. The molecule has 0 aromatic heterocycles. The minimum Gasteiger partial charge on any atom is -0.487 e. The van der Waals surface area contributed by atoms with Crippen LogP contribution in [-0.4, -0.2) is 0 Å². The van der Waals surface area contributed by atoms with Crippen molar-refractivity contribution in [2.45, 2.75) is 27.0 Å². The average molecular weight is 276 g/mol. The van der Waals surface area contributed by atoms with E-state index in [4.69, 9.17) is 22.1 Å². The molecule has 0 heterocycles. The van der Waals surface area contributed by atoms with Crippen LogP contribution in [0.3, 0.4) is 0 Å². The first-order chi connectivity index (χ1) is 9.10. The number of hydrogen-bond donors (Lipinski definition) is 1. The number of benzene rings is 2. The number of halogens is 1. The largest absolute Gasteiger partial charge is 0.487 e. The maximum atomic E-state index is 6.16. The van der Waals surface area contributed by atoms with Gasteiger partial charge >= 0.3 is 0 Å². The molecule has 2 N–H and O–H groups in total. The van der Waals surface area contributed by atoms with Crippen molar-refractivity contribution in [3.05, 3.63) is 63.7 Å². The Labute approximate surface area is 119 Å². The van der Waals surface area contributed by atoms with Crippen LogP contribution in [0.4, 0.5) is 0 Å². The summed E-state index contributed by atoms with van der Waals surface area (Å²) >= 11 is 6.16. The van der Waals surface area contributed by atoms with Crippen molar-refractivity contribution in [1.82, 2.24) is 0 Å². The Morgan fingerprint density at radius 2 is 1.79 bits per heavy atom. The number of nitrogens with two attached hydrogens (primary N) is 1. The van der Waals surface area contributed by atoms with E-state index in [1.54, 1.807) is 0 Å². The van der Waals surface area contributed by atoms with Gasteiger partial charge in [0.05, 0.1) is 5.02 Å². The lowest BCUT2D eigenvalue weighted by atomic mass is 10.1. The summed E-state index contributed by atoms with van der Waals surface area (Å²) in [5.41, 5.74) is 10.2. The van der Waals surface area contributed by atoms with E-state index in [9.17, 15) is 0 Å². The van der Waals surface area contributed by atoms with Gasteiger partial charge in [-0.2, -0.15) is 0 Å². The first-order valence-corrected chi connectivity index (χ1v) is 6.65. The molecule has 0 spiro atoms.